The molecule has 2 aromatic rings. The van der Waals surface area contributed by atoms with Gasteiger partial charge in [-0.3, -0.25) is 4.79 Å². The Bertz CT molecular complexity index is 1030. The van der Waals surface area contributed by atoms with Crippen LogP contribution in [0.25, 0.3) is 0 Å². The van der Waals surface area contributed by atoms with Gasteiger partial charge in [0.2, 0.25) is 0 Å². The summed E-state index contributed by atoms with van der Waals surface area (Å²) < 4.78 is 11.0. The standard InChI is InChI=1S/C24H29N3O3S/c1-5-29-20-10-15(6-9-19(20)30-14-22(26)28)13-27-23-18(12-25)17-8-7-16(24(2,3)4)11-21(17)31-23/h6,9-10,13,16H,5,7-8,11,14H2,1-4H3,(H2,26,28)/t16-/m0/s1. The van der Waals surface area contributed by atoms with Gasteiger partial charge in [-0.2, -0.15) is 5.26 Å². The fraction of sp³-hybridized carbons (Fsp3) is 0.458. The summed E-state index contributed by atoms with van der Waals surface area (Å²) in [5, 5.41) is 10.5. The van der Waals surface area contributed by atoms with E-state index in [0.717, 1.165) is 29.8 Å². The van der Waals surface area contributed by atoms with Gasteiger partial charge in [0.05, 0.1) is 12.2 Å². The van der Waals surface area contributed by atoms with E-state index in [1.54, 1.807) is 29.7 Å². The first-order valence-corrected chi connectivity index (χ1v) is 11.3. The van der Waals surface area contributed by atoms with E-state index in [1.807, 2.05) is 13.0 Å². The highest BCUT2D eigenvalue weighted by Gasteiger charge is 2.32. The van der Waals surface area contributed by atoms with Gasteiger partial charge in [-0.1, -0.05) is 20.8 Å². The number of fused-ring (bicyclic) bond motifs is 1. The summed E-state index contributed by atoms with van der Waals surface area (Å²) in [4.78, 5) is 16.9. The molecule has 1 heterocycles. The predicted octanol–water partition coefficient (Wildman–Crippen LogP) is 4.78. The maximum absolute atomic E-state index is 11.0. The van der Waals surface area contributed by atoms with E-state index < -0.39 is 5.91 Å². The van der Waals surface area contributed by atoms with Crippen molar-refractivity contribution in [1.82, 2.24) is 0 Å². The van der Waals surface area contributed by atoms with E-state index in [9.17, 15) is 10.1 Å². The third-order valence-corrected chi connectivity index (χ3v) is 6.71. The Hall–Kier alpha value is -2.85. The van der Waals surface area contributed by atoms with Crippen LogP contribution in [0.5, 0.6) is 11.5 Å². The van der Waals surface area contributed by atoms with Crippen LogP contribution in [-0.4, -0.2) is 25.3 Å². The zero-order chi connectivity index (χ0) is 22.6. The summed E-state index contributed by atoms with van der Waals surface area (Å²) in [6, 6.07) is 7.73. The molecule has 0 saturated carbocycles. The van der Waals surface area contributed by atoms with Gasteiger partial charge in [-0.05, 0) is 66.8 Å². The Morgan fingerprint density at radius 1 is 1.35 bits per heavy atom. The minimum atomic E-state index is -0.549. The molecule has 164 valence electrons. The highest BCUT2D eigenvalue weighted by molar-refractivity contribution is 7.16. The number of carbonyl (C=O) groups excluding carboxylic acids is 1. The zero-order valence-electron chi connectivity index (χ0n) is 18.5. The van der Waals surface area contributed by atoms with Crippen molar-refractivity contribution >= 4 is 28.5 Å². The van der Waals surface area contributed by atoms with E-state index in [0.29, 0.717) is 29.6 Å². The molecular formula is C24H29N3O3S. The van der Waals surface area contributed by atoms with E-state index in [-0.39, 0.29) is 12.0 Å². The van der Waals surface area contributed by atoms with Crippen LogP contribution < -0.4 is 15.2 Å². The molecule has 0 aliphatic heterocycles. The van der Waals surface area contributed by atoms with Gasteiger partial charge in [0.1, 0.15) is 11.1 Å². The molecule has 0 saturated heterocycles. The lowest BCUT2D eigenvalue weighted by atomic mass is 9.72. The van der Waals surface area contributed by atoms with Crippen molar-refractivity contribution in [1.29, 1.82) is 5.26 Å². The van der Waals surface area contributed by atoms with Crippen LogP contribution in [0.3, 0.4) is 0 Å². The lowest BCUT2D eigenvalue weighted by Gasteiger charge is -2.33. The maximum Gasteiger partial charge on any atom is 0.255 e. The lowest BCUT2D eigenvalue weighted by molar-refractivity contribution is -0.119. The van der Waals surface area contributed by atoms with Crippen molar-refractivity contribution in [3.8, 4) is 17.6 Å². The number of carbonyl (C=O) groups is 1. The van der Waals surface area contributed by atoms with Crippen molar-refractivity contribution < 1.29 is 14.3 Å². The van der Waals surface area contributed by atoms with Crippen LogP contribution in [-0.2, 0) is 17.6 Å². The first-order valence-electron chi connectivity index (χ1n) is 10.5. The molecule has 31 heavy (non-hydrogen) atoms. The van der Waals surface area contributed by atoms with Crippen LogP contribution in [0, 0.1) is 22.7 Å². The number of ether oxygens (including phenoxy) is 2. The first-order chi connectivity index (χ1) is 14.7. The second kappa shape index (κ2) is 9.52. The largest absolute Gasteiger partial charge is 0.490 e. The van der Waals surface area contributed by atoms with Crippen molar-refractivity contribution in [2.24, 2.45) is 22.1 Å². The van der Waals surface area contributed by atoms with Gasteiger partial charge in [0, 0.05) is 11.1 Å². The third kappa shape index (κ3) is 5.45. The molecule has 0 spiro atoms. The van der Waals surface area contributed by atoms with E-state index in [4.69, 9.17) is 15.2 Å². The van der Waals surface area contributed by atoms with Gasteiger partial charge < -0.3 is 15.2 Å². The van der Waals surface area contributed by atoms with E-state index >= 15 is 0 Å². The minimum absolute atomic E-state index is 0.213. The molecule has 0 bridgehead atoms. The molecule has 1 aliphatic rings. The number of rotatable bonds is 7. The monoisotopic (exact) mass is 439 g/mol. The number of amides is 1. The highest BCUT2D eigenvalue weighted by atomic mass is 32.1. The number of nitriles is 1. The quantitative estimate of drug-likeness (QED) is 0.628. The Balaban J connectivity index is 1.85. The molecule has 3 rings (SSSR count). The SMILES string of the molecule is CCOc1cc(C=Nc2sc3c(c2C#N)CC[C@H](C(C)(C)C)C3)ccc1OCC(N)=O. The predicted molar refractivity (Wildman–Crippen MR) is 124 cm³/mol. The first kappa shape index (κ1) is 22.8. The van der Waals surface area contributed by atoms with Crippen LogP contribution >= 0.6 is 11.3 Å². The summed E-state index contributed by atoms with van der Waals surface area (Å²) in [6.07, 6.45) is 4.79. The Morgan fingerprint density at radius 3 is 2.77 bits per heavy atom. The topological polar surface area (TPSA) is 97.7 Å². The summed E-state index contributed by atoms with van der Waals surface area (Å²) in [5.74, 6) is 1.04. The van der Waals surface area contributed by atoms with Crippen LogP contribution in [0.4, 0.5) is 5.00 Å². The van der Waals surface area contributed by atoms with Gasteiger partial charge in [0.15, 0.2) is 18.1 Å². The maximum atomic E-state index is 11.0. The summed E-state index contributed by atoms with van der Waals surface area (Å²) >= 11 is 1.63. The molecule has 2 N–H and O–H groups in total. The fourth-order valence-electron chi connectivity index (χ4n) is 3.79. The summed E-state index contributed by atoms with van der Waals surface area (Å²) in [6.45, 7) is 8.97. The van der Waals surface area contributed by atoms with Crippen molar-refractivity contribution in [3.05, 3.63) is 39.8 Å². The number of hydrogen-bond donors (Lipinski definition) is 1. The number of nitrogens with two attached hydrogens (primary N) is 1. The Morgan fingerprint density at radius 2 is 2.13 bits per heavy atom. The molecule has 1 aromatic carbocycles. The number of nitrogens with zero attached hydrogens (tertiary/aromatic N) is 2. The van der Waals surface area contributed by atoms with Crippen molar-refractivity contribution in [3.63, 3.8) is 0 Å². The second-order valence-corrected chi connectivity index (χ2v) is 9.84. The molecule has 7 heteroatoms. The number of primary amides is 1. The fourth-order valence-corrected chi connectivity index (χ4v) is 5.01. The Labute approximate surface area is 187 Å². The Kier molecular flexibility index (Phi) is 7.01. The summed E-state index contributed by atoms with van der Waals surface area (Å²) in [7, 11) is 0. The number of thiophene rings is 1. The highest BCUT2D eigenvalue weighted by Crippen LogP contribution is 2.44. The van der Waals surface area contributed by atoms with Gasteiger partial charge in [0.25, 0.3) is 5.91 Å². The van der Waals surface area contributed by atoms with Crippen LogP contribution in [0.15, 0.2) is 23.2 Å². The zero-order valence-corrected chi connectivity index (χ0v) is 19.3. The molecule has 1 aliphatic carbocycles. The molecule has 1 atom stereocenters. The molecule has 6 nitrogen and oxygen atoms in total. The molecule has 1 amide bonds. The van der Waals surface area contributed by atoms with Gasteiger partial charge in [-0.15, -0.1) is 11.3 Å². The molecule has 0 fully saturated rings. The van der Waals surface area contributed by atoms with E-state index in [2.05, 4.69) is 31.8 Å². The molecule has 1 aromatic heterocycles. The number of hydrogen-bond acceptors (Lipinski definition) is 6. The minimum Gasteiger partial charge on any atom is -0.490 e. The third-order valence-electron chi connectivity index (χ3n) is 5.55. The lowest BCUT2D eigenvalue weighted by Crippen LogP contribution is -2.26. The normalized spacial score (nSPS) is 16.0. The van der Waals surface area contributed by atoms with Crippen molar-refractivity contribution in [2.45, 2.75) is 47.0 Å². The van der Waals surface area contributed by atoms with E-state index in [1.165, 1.54) is 10.4 Å². The second-order valence-electron chi connectivity index (χ2n) is 8.75. The number of benzene rings is 1. The van der Waals surface area contributed by atoms with Crippen LogP contribution in [0.2, 0.25) is 0 Å². The molecule has 0 radical (unpaired) electrons. The van der Waals surface area contributed by atoms with Gasteiger partial charge in [-0.25, -0.2) is 4.99 Å². The molecular weight excluding hydrogens is 410 g/mol. The molecule has 0 unspecified atom stereocenters. The van der Waals surface area contributed by atoms with Crippen molar-refractivity contribution in [2.75, 3.05) is 13.2 Å². The summed E-state index contributed by atoms with van der Waals surface area (Å²) in [5.41, 5.74) is 8.10. The average molecular weight is 440 g/mol. The average Bonchev–Trinajstić information content (AvgIpc) is 3.07. The van der Waals surface area contributed by atoms with Gasteiger partial charge >= 0.3 is 0 Å². The number of aliphatic imine (C=N–C) groups is 1. The smallest absolute Gasteiger partial charge is 0.255 e. The van der Waals surface area contributed by atoms with Crippen LogP contribution in [0.1, 0.15) is 55.7 Å².